The van der Waals surface area contributed by atoms with E-state index in [2.05, 4.69) is 34.3 Å². The predicted molar refractivity (Wildman–Crippen MR) is 82.0 cm³/mol. The van der Waals surface area contributed by atoms with Crippen LogP contribution >= 0.6 is 38.9 Å². The lowest BCUT2D eigenvalue weighted by atomic mass is 10.0. The zero-order valence-electron chi connectivity index (χ0n) is 9.91. The summed E-state index contributed by atoms with van der Waals surface area (Å²) in [5.41, 5.74) is 5.20. The van der Waals surface area contributed by atoms with Crippen LogP contribution < -0.4 is 11.3 Å². The molecule has 1 atom stereocenters. The predicted octanol–water partition coefficient (Wildman–Crippen LogP) is 4.22. The Bertz CT molecular complexity index is 522. The van der Waals surface area contributed by atoms with Gasteiger partial charge in [0, 0.05) is 9.90 Å². The molecule has 1 aromatic heterocycles. The van der Waals surface area contributed by atoms with E-state index in [9.17, 15) is 0 Å². The second-order valence-electron chi connectivity index (χ2n) is 4.12. The topological polar surface area (TPSA) is 38.0 Å². The van der Waals surface area contributed by atoms with E-state index in [1.807, 2.05) is 24.3 Å². The molecule has 2 nitrogen and oxygen atoms in total. The van der Waals surface area contributed by atoms with Gasteiger partial charge in [0.25, 0.3) is 0 Å². The monoisotopic (exact) mass is 344 g/mol. The molecule has 3 N–H and O–H groups in total. The molecule has 1 heterocycles. The molecule has 18 heavy (non-hydrogen) atoms. The van der Waals surface area contributed by atoms with Crippen LogP contribution in [0.3, 0.4) is 0 Å². The lowest BCUT2D eigenvalue weighted by Crippen LogP contribution is -2.29. The first kappa shape index (κ1) is 14.0. The molecule has 0 aliphatic heterocycles. The van der Waals surface area contributed by atoms with E-state index >= 15 is 0 Å². The standard InChI is InChI=1S/C13H14BrClN2S/c1-8-6-12(18-13(8)14)11(17-16)7-9-4-2-3-5-10(9)15/h2-6,11,17H,7,16H2,1H3. The zero-order valence-corrected chi connectivity index (χ0v) is 13.1. The van der Waals surface area contributed by atoms with Crippen molar-refractivity contribution >= 4 is 38.9 Å². The van der Waals surface area contributed by atoms with E-state index in [-0.39, 0.29) is 6.04 Å². The first-order valence-corrected chi connectivity index (χ1v) is 7.56. The van der Waals surface area contributed by atoms with Crippen LogP contribution in [0.4, 0.5) is 0 Å². The first-order chi connectivity index (χ1) is 8.61. The third-order valence-corrected chi connectivity index (χ3v) is 5.42. The maximum absolute atomic E-state index is 6.17. The van der Waals surface area contributed by atoms with E-state index in [1.54, 1.807) is 11.3 Å². The van der Waals surface area contributed by atoms with Crippen molar-refractivity contribution < 1.29 is 0 Å². The summed E-state index contributed by atoms with van der Waals surface area (Å²) in [6, 6.07) is 10.1. The van der Waals surface area contributed by atoms with Crippen molar-refractivity contribution in [2.45, 2.75) is 19.4 Å². The highest BCUT2D eigenvalue weighted by atomic mass is 79.9. The van der Waals surface area contributed by atoms with Gasteiger partial charge in [-0.15, -0.1) is 11.3 Å². The molecule has 1 aromatic carbocycles. The Morgan fingerprint density at radius 1 is 1.44 bits per heavy atom. The molecule has 1 unspecified atom stereocenters. The molecule has 0 radical (unpaired) electrons. The van der Waals surface area contributed by atoms with Crippen molar-refractivity contribution in [3.8, 4) is 0 Å². The van der Waals surface area contributed by atoms with Crippen molar-refractivity contribution in [3.05, 3.63) is 55.1 Å². The van der Waals surface area contributed by atoms with E-state index < -0.39 is 0 Å². The lowest BCUT2D eigenvalue weighted by molar-refractivity contribution is 0.560. The number of nitrogens with one attached hydrogen (secondary N) is 1. The first-order valence-electron chi connectivity index (χ1n) is 5.57. The van der Waals surface area contributed by atoms with Crippen LogP contribution in [-0.4, -0.2) is 0 Å². The highest BCUT2D eigenvalue weighted by Crippen LogP contribution is 2.33. The van der Waals surface area contributed by atoms with Gasteiger partial charge in [0.1, 0.15) is 0 Å². The van der Waals surface area contributed by atoms with E-state index in [1.165, 1.54) is 10.4 Å². The molecule has 0 saturated carbocycles. The van der Waals surface area contributed by atoms with Gasteiger partial charge in [-0.2, -0.15) is 0 Å². The van der Waals surface area contributed by atoms with Crippen LogP contribution in [0.25, 0.3) is 0 Å². The second kappa shape index (κ2) is 6.17. The molecule has 5 heteroatoms. The van der Waals surface area contributed by atoms with Crippen LogP contribution in [0.1, 0.15) is 22.0 Å². The molecule has 0 bridgehead atoms. The number of thiophene rings is 1. The maximum Gasteiger partial charge on any atom is 0.0731 e. The maximum atomic E-state index is 6.17. The quantitative estimate of drug-likeness (QED) is 0.643. The minimum Gasteiger partial charge on any atom is -0.271 e. The minimum atomic E-state index is 0.0832. The van der Waals surface area contributed by atoms with Gasteiger partial charge in [-0.25, -0.2) is 0 Å². The smallest absolute Gasteiger partial charge is 0.0731 e. The molecule has 0 amide bonds. The Labute approximate surface area is 124 Å². The third kappa shape index (κ3) is 3.13. The highest BCUT2D eigenvalue weighted by Gasteiger charge is 2.15. The molecule has 0 aliphatic carbocycles. The number of benzene rings is 1. The fourth-order valence-electron chi connectivity index (χ4n) is 1.78. The molecule has 2 rings (SSSR count). The molecule has 0 fully saturated rings. The summed E-state index contributed by atoms with van der Waals surface area (Å²) in [6.07, 6.45) is 0.780. The van der Waals surface area contributed by atoms with Gasteiger partial charge in [-0.1, -0.05) is 29.8 Å². The molecular weight excluding hydrogens is 332 g/mol. The Hall–Kier alpha value is -0.390. The van der Waals surface area contributed by atoms with E-state index in [4.69, 9.17) is 17.4 Å². The van der Waals surface area contributed by atoms with Crippen LogP contribution in [-0.2, 0) is 6.42 Å². The summed E-state index contributed by atoms with van der Waals surface area (Å²) in [4.78, 5) is 1.21. The second-order valence-corrected chi connectivity index (χ2v) is 6.93. The number of nitrogens with two attached hydrogens (primary N) is 1. The van der Waals surface area contributed by atoms with Crippen molar-refractivity contribution in [1.82, 2.24) is 5.43 Å². The van der Waals surface area contributed by atoms with Gasteiger partial charge in [-0.05, 0) is 52.5 Å². The number of hydrazine groups is 1. The van der Waals surface area contributed by atoms with Gasteiger partial charge >= 0.3 is 0 Å². The van der Waals surface area contributed by atoms with Crippen LogP contribution in [0.15, 0.2) is 34.1 Å². The van der Waals surface area contributed by atoms with Crippen molar-refractivity contribution in [1.29, 1.82) is 0 Å². The summed E-state index contributed by atoms with van der Waals surface area (Å²) in [7, 11) is 0. The van der Waals surface area contributed by atoms with Crippen LogP contribution in [0, 0.1) is 6.92 Å². The summed E-state index contributed by atoms with van der Waals surface area (Å²) >= 11 is 11.4. The highest BCUT2D eigenvalue weighted by molar-refractivity contribution is 9.11. The summed E-state index contributed by atoms with van der Waals surface area (Å²) in [6.45, 7) is 2.08. The molecule has 2 aromatic rings. The number of rotatable bonds is 4. The third-order valence-electron chi connectivity index (χ3n) is 2.80. The largest absolute Gasteiger partial charge is 0.271 e. The molecular formula is C13H14BrClN2S. The Morgan fingerprint density at radius 3 is 2.72 bits per heavy atom. The SMILES string of the molecule is Cc1cc(C(Cc2ccccc2Cl)NN)sc1Br. The Kier molecular flexibility index (Phi) is 4.81. The zero-order chi connectivity index (χ0) is 13.1. The lowest BCUT2D eigenvalue weighted by Gasteiger charge is -2.15. The summed E-state index contributed by atoms with van der Waals surface area (Å²) in [5, 5.41) is 0.782. The fourth-order valence-corrected chi connectivity index (χ4v) is 3.63. The van der Waals surface area contributed by atoms with Gasteiger partial charge in [0.15, 0.2) is 0 Å². The van der Waals surface area contributed by atoms with Crippen molar-refractivity contribution in [2.24, 2.45) is 5.84 Å². The molecule has 0 aliphatic rings. The van der Waals surface area contributed by atoms with Crippen LogP contribution in [0.2, 0.25) is 5.02 Å². The van der Waals surface area contributed by atoms with Crippen LogP contribution in [0.5, 0.6) is 0 Å². The van der Waals surface area contributed by atoms with Gasteiger partial charge in [0.2, 0.25) is 0 Å². The van der Waals surface area contributed by atoms with Gasteiger partial charge < -0.3 is 0 Å². The normalized spacial score (nSPS) is 12.7. The van der Waals surface area contributed by atoms with E-state index in [0.29, 0.717) is 0 Å². The fraction of sp³-hybridized carbons (Fsp3) is 0.231. The summed E-state index contributed by atoms with van der Waals surface area (Å²) < 4.78 is 1.15. The molecule has 0 spiro atoms. The Morgan fingerprint density at radius 2 is 2.17 bits per heavy atom. The number of hydrogen-bond donors (Lipinski definition) is 2. The summed E-state index contributed by atoms with van der Waals surface area (Å²) in [5.74, 6) is 5.66. The number of halogens is 2. The number of hydrogen-bond acceptors (Lipinski definition) is 3. The number of aryl methyl sites for hydroxylation is 1. The van der Waals surface area contributed by atoms with E-state index in [0.717, 1.165) is 20.8 Å². The average Bonchev–Trinajstić information content (AvgIpc) is 2.68. The average molecular weight is 346 g/mol. The molecule has 96 valence electrons. The van der Waals surface area contributed by atoms with Crippen molar-refractivity contribution in [2.75, 3.05) is 0 Å². The van der Waals surface area contributed by atoms with Gasteiger partial charge in [0.05, 0.1) is 9.83 Å². The minimum absolute atomic E-state index is 0.0832. The Balaban J connectivity index is 2.22. The molecule has 0 saturated heterocycles. The van der Waals surface area contributed by atoms with Gasteiger partial charge in [-0.3, -0.25) is 11.3 Å². The van der Waals surface area contributed by atoms with Crippen molar-refractivity contribution in [3.63, 3.8) is 0 Å².